The van der Waals surface area contributed by atoms with E-state index in [0.717, 1.165) is 38.0 Å². The van der Waals surface area contributed by atoms with Crippen molar-refractivity contribution >= 4 is 29.1 Å². The molecule has 3 aliphatic rings. The first-order valence-corrected chi connectivity index (χ1v) is 16.1. The molecule has 226 valence electrons. The molecule has 1 fully saturated rings. The molecule has 2 amide bonds. The zero-order valence-corrected chi connectivity index (χ0v) is 25.7. The highest BCUT2D eigenvalue weighted by atomic mass is 35.5. The number of nitrogens with zero attached hydrogens (tertiary/aromatic N) is 2. The van der Waals surface area contributed by atoms with Crippen LogP contribution in [0.5, 0.6) is 0 Å². The fourth-order valence-electron chi connectivity index (χ4n) is 6.88. The van der Waals surface area contributed by atoms with Crippen molar-refractivity contribution < 1.29 is 9.59 Å². The van der Waals surface area contributed by atoms with E-state index in [2.05, 4.69) is 58.1 Å². The lowest BCUT2D eigenvalue weighted by Crippen LogP contribution is -2.58. The highest BCUT2D eigenvalue weighted by molar-refractivity contribution is 6.30. The van der Waals surface area contributed by atoms with Gasteiger partial charge in [-0.05, 0) is 78.2 Å². The number of benzene rings is 3. The van der Waals surface area contributed by atoms with Gasteiger partial charge in [0, 0.05) is 55.9 Å². The Balaban J connectivity index is 1.14. The van der Waals surface area contributed by atoms with E-state index in [1.807, 2.05) is 41.3 Å². The smallest absolute Gasteiger partial charge is 0.245 e. The molecule has 3 aromatic rings. The molecule has 0 aromatic heterocycles. The van der Waals surface area contributed by atoms with Gasteiger partial charge in [0.15, 0.2) is 0 Å². The predicted octanol–water partition coefficient (Wildman–Crippen LogP) is 3.90. The van der Waals surface area contributed by atoms with Crippen LogP contribution >= 0.6 is 11.6 Å². The van der Waals surface area contributed by atoms with Gasteiger partial charge in [0.05, 0.1) is 6.04 Å². The molecule has 0 radical (unpaired) electrons. The van der Waals surface area contributed by atoms with Crippen molar-refractivity contribution in [1.29, 1.82) is 0 Å². The van der Waals surface area contributed by atoms with Gasteiger partial charge in [0.25, 0.3) is 0 Å². The monoisotopic (exact) mass is 599 g/mol. The fraction of sp³-hybridized carbons (Fsp3) is 0.429. The summed E-state index contributed by atoms with van der Waals surface area (Å²) >= 11 is 6.13. The number of carbonyl (C=O) groups excluding carboxylic acids is 2. The van der Waals surface area contributed by atoms with Gasteiger partial charge < -0.3 is 25.8 Å². The van der Waals surface area contributed by atoms with Crippen LogP contribution < -0.4 is 20.9 Å². The topological polar surface area (TPSA) is 76.7 Å². The molecule has 0 spiro atoms. The third kappa shape index (κ3) is 6.90. The summed E-state index contributed by atoms with van der Waals surface area (Å²) in [6, 6.07) is 21.9. The SMILES string of the molecule is CCN[C@@H]1CCc2cccc(N3CCN(C(=O)[C@@H](Cc4ccc(Cl)cc4)NC(=O)[C@H]4Cc5ccccc5CN4)CC3)c2C1. The highest BCUT2D eigenvalue weighted by Crippen LogP contribution is 2.31. The Bertz CT molecular complexity index is 1440. The summed E-state index contributed by atoms with van der Waals surface area (Å²) in [4.78, 5) is 31.9. The molecular formula is C35H42ClN5O2. The van der Waals surface area contributed by atoms with Crippen LogP contribution in [0.2, 0.25) is 5.02 Å². The zero-order valence-electron chi connectivity index (χ0n) is 24.9. The molecule has 3 N–H and O–H groups in total. The first-order chi connectivity index (χ1) is 21.0. The number of hydrogen-bond acceptors (Lipinski definition) is 5. The number of hydrogen-bond donors (Lipinski definition) is 3. The van der Waals surface area contributed by atoms with Crippen molar-refractivity contribution in [2.45, 2.75) is 63.7 Å². The van der Waals surface area contributed by atoms with Crippen LogP contribution in [0.15, 0.2) is 66.7 Å². The first kappa shape index (κ1) is 29.7. The van der Waals surface area contributed by atoms with E-state index in [4.69, 9.17) is 11.6 Å². The van der Waals surface area contributed by atoms with Crippen LogP contribution in [0.4, 0.5) is 5.69 Å². The van der Waals surface area contributed by atoms with Crippen LogP contribution in [-0.2, 0) is 41.8 Å². The molecular weight excluding hydrogens is 558 g/mol. The molecule has 3 atom stereocenters. The Morgan fingerprint density at radius 3 is 2.44 bits per heavy atom. The number of amides is 2. The fourth-order valence-corrected chi connectivity index (χ4v) is 7.01. The lowest BCUT2D eigenvalue weighted by atomic mass is 9.86. The van der Waals surface area contributed by atoms with Crippen molar-refractivity contribution in [3.05, 3.63) is 99.6 Å². The third-order valence-corrected chi connectivity index (χ3v) is 9.50. The third-order valence-electron chi connectivity index (χ3n) is 9.25. The van der Waals surface area contributed by atoms with Gasteiger partial charge in [0.2, 0.25) is 11.8 Å². The molecule has 2 heterocycles. The Morgan fingerprint density at radius 2 is 1.67 bits per heavy atom. The van der Waals surface area contributed by atoms with Crippen LogP contribution in [-0.4, -0.2) is 67.6 Å². The number of halogens is 1. The van der Waals surface area contributed by atoms with Gasteiger partial charge in [-0.15, -0.1) is 0 Å². The Hall–Kier alpha value is -3.39. The van der Waals surface area contributed by atoms with Crippen molar-refractivity contribution in [2.24, 2.45) is 0 Å². The zero-order chi connectivity index (χ0) is 29.8. The van der Waals surface area contributed by atoms with Crippen LogP contribution in [0, 0.1) is 0 Å². The molecule has 0 unspecified atom stereocenters. The van der Waals surface area contributed by atoms with E-state index in [9.17, 15) is 9.59 Å². The van der Waals surface area contributed by atoms with Gasteiger partial charge in [-0.2, -0.15) is 0 Å². The molecule has 7 nitrogen and oxygen atoms in total. The lowest BCUT2D eigenvalue weighted by molar-refractivity contribution is -0.137. The van der Waals surface area contributed by atoms with Crippen molar-refractivity contribution in [3.63, 3.8) is 0 Å². The van der Waals surface area contributed by atoms with E-state index >= 15 is 0 Å². The molecule has 43 heavy (non-hydrogen) atoms. The Kier molecular flexibility index (Phi) is 9.31. The predicted molar refractivity (Wildman–Crippen MR) is 173 cm³/mol. The van der Waals surface area contributed by atoms with E-state index in [0.29, 0.717) is 43.5 Å². The number of fused-ring (bicyclic) bond motifs is 2. The summed E-state index contributed by atoms with van der Waals surface area (Å²) in [5.74, 6) is -0.159. The second kappa shape index (κ2) is 13.5. The molecule has 8 heteroatoms. The van der Waals surface area contributed by atoms with Gasteiger partial charge in [-0.25, -0.2) is 0 Å². The largest absolute Gasteiger partial charge is 0.368 e. The summed E-state index contributed by atoms with van der Waals surface area (Å²) in [7, 11) is 0. The second-order valence-electron chi connectivity index (χ2n) is 12.0. The minimum absolute atomic E-state index is 0.0264. The molecule has 0 bridgehead atoms. The Morgan fingerprint density at radius 1 is 0.930 bits per heavy atom. The number of aryl methyl sites for hydroxylation is 1. The normalized spacial score (nSPS) is 20.6. The first-order valence-electron chi connectivity index (χ1n) is 15.7. The van der Waals surface area contributed by atoms with E-state index in [-0.39, 0.29) is 17.9 Å². The summed E-state index contributed by atoms with van der Waals surface area (Å²) < 4.78 is 0. The van der Waals surface area contributed by atoms with E-state index < -0.39 is 6.04 Å². The maximum absolute atomic E-state index is 14.0. The molecule has 3 aromatic carbocycles. The second-order valence-corrected chi connectivity index (χ2v) is 12.5. The lowest BCUT2D eigenvalue weighted by Gasteiger charge is -2.40. The van der Waals surface area contributed by atoms with Crippen molar-refractivity contribution in [3.8, 4) is 0 Å². The maximum Gasteiger partial charge on any atom is 0.245 e. The quantitative estimate of drug-likeness (QED) is 0.366. The molecule has 1 aliphatic carbocycles. The summed E-state index contributed by atoms with van der Waals surface area (Å²) in [6.07, 6.45) is 4.36. The summed E-state index contributed by atoms with van der Waals surface area (Å²) in [5.41, 5.74) is 7.58. The average molecular weight is 600 g/mol. The highest BCUT2D eigenvalue weighted by Gasteiger charge is 2.33. The summed E-state index contributed by atoms with van der Waals surface area (Å²) in [6.45, 7) is 6.60. The molecule has 1 saturated heterocycles. The van der Waals surface area contributed by atoms with Crippen LogP contribution in [0.1, 0.15) is 41.2 Å². The minimum Gasteiger partial charge on any atom is -0.368 e. The Labute approximate surface area is 260 Å². The van der Waals surface area contributed by atoms with Gasteiger partial charge in [-0.1, -0.05) is 67.1 Å². The van der Waals surface area contributed by atoms with Crippen molar-refractivity contribution in [2.75, 3.05) is 37.6 Å². The maximum atomic E-state index is 14.0. The molecule has 0 saturated carbocycles. The molecule has 6 rings (SSSR count). The standard InChI is InChI=1S/C35H42ClN5O2/c1-2-37-29-15-12-25-8-5-9-33(30(25)22-29)40-16-18-41(19-17-40)35(43)32(20-24-10-13-28(36)14-11-24)39-34(42)31-21-26-6-3-4-7-27(26)23-38-31/h3-11,13-14,29,31-32,37-38H,2,12,15-23H2,1H3,(H,39,42)/t29-,31-,32-/m1/s1. The number of anilines is 1. The number of likely N-dealkylation sites (N-methyl/N-ethyl adjacent to an activating group) is 1. The average Bonchev–Trinajstić information content (AvgIpc) is 3.05. The van der Waals surface area contributed by atoms with E-state index in [1.165, 1.54) is 34.4 Å². The number of carbonyl (C=O) groups is 2. The number of nitrogens with one attached hydrogen (secondary N) is 3. The summed E-state index contributed by atoms with van der Waals surface area (Å²) in [5, 5.41) is 10.8. The number of piperazine rings is 1. The van der Waals surface area contributed by atoms with Crippen LogP contribution in [0.3, 0.4) is 0 Å². The molecule has 2 aliphatic heterocycles. The van der Waals surface area contributed by atoms with Gasteiger partial charge >= 0.3 is 0 Å². The van der Waals surface area contributed by atoms with Gasteiger partial charge in [0.1, 0.15) is 6.04 Å². The van der Waals surface area contributed by atoms with Gasteiger partial charge in [-0.3, -0.25) is 9.59 Å². The van der Waals surface area contributed by atoms with E-state index in [1.54, 1.807) is 0 Å². The number of rotatable bonds is 8. The minimum atomic E-state index is -0.649. The van der Waals surface area contributed by atoms with Crippen molar-refractivity contribution in [1.82, 2.24) is 20.9 Å². The van der Waals surface area contributed by atoms with Crippen LogP contribution in [0.25, 0.3) is 0 Å².